The average Bonchev–Trinajstić information content (AvgIpc) is 2.46. The van der Waals surface area contributed by atoms with E-state index in [0.29, 0.717) is 18.7 Å². The zero-order valence-corrected chi connectivity index (χ0v) is 10.1. The van der Waals surface area contributed by atoms with Gasteiger partial charge in [-0.05, 0) is 25.0 Å². The Morgan fingerprint density at radius 3 is 3.06 bits per heavy atom. The third-order valence-electron chi connectivity index (χ3n) is 2.72. The Hall–Kier alpha value is -1.50. The molecule has 1 aromatic rings. The molecule has 18 heavy (non-hydrogen) atoms. The molecule has 0 radical (unpaired) electrons. The highest BCUT2D eigenvalue weighted by Crippen LogP contribution is 2.12. The Morgan fingerprint density at radius 1 is 1.56 bits per heavy atom. The van der Waals surface area contributed by atoms with Crippen molar-refractivity contribution in [2.75, 3.05) is 6.61 Å². The van der Waals surface area contributed by atoms with Gasteiger partial charge in [0.2, 0.25) is 0 Å². The Bertz CT molecular complexity index is 388. The third kappa shape index (κ3) is 3.49. The van der Waals surface area contributed by atoms with Crippen LogP contribution in [0.2, 0.25) is 0 Å². The van der Waals surface area contributed by atoms with Crippen molar-refractivity contribution in [3.63, 3.8) is 0 Å². The molecule has 2 rings (SSSR count). The zero-order chi connectivity index (χ0) is 12.8. The van der Waals surface area contributed by atoms with Crippen LogP contribution < -0.4 is 11.2 Å². The summed E-state index contributed by atoms with van der Waals surface area (Å²) in [5.41, 5.74) is 8.97. The van der Waals surface area contributed by atoms with E-state index >= 15 is 0 Å². The van der Waals surface area contributed by atoms with E-state index in [-0.39, 0.29) is 12.2 Å². The fourth-order valence-corrected chi connectivity index (χ4v) is 1.66. The van der Waals surface area contributed by atoms with E-state index in [2.05, 4.69) is 10.5 Å². The first-order valence-electron chi connectivity index (χ1n) is 6.02. The van der Waals surface area contributed by atoms with E-state index in [1.165, 1.54) is 6.20 Å². The largest absolute Gasteiger partial charge is 0.350 e. The maximum absolute atomic E-state index is 11.7. The number of nitrogens with one attached hydrogen (secondary N) is 1. The molecule has 98 valence electrons. The normalized spacial score (nSPS) is 19.5. The molecule has 1 aliphatic heterocycles. The molecule has 1 unspecified atom stereocenters. The maximum Gasteiger partial charge on any atom is 0.276 e. The van der Waals surface area contributed by atoms with E-state index < -0.39 is 0 Å². The van der Waals surface area contributed by atoms with Crippen LogP contribution in [0.4, 0.5) is 0 Å². The first-order chi connectivity index (χ1) is 8.79. The van der Waals surface area contributed by atoms with E-state index in [9.17, 15) is 4.79 Å². The van der Waals surface area contributed by atoms with Gasteiger partial charge in [0.05, 0.1) is 11.3 Å². The van der Waals surface area contributed by atoms with Crippen LogP contribution in [0.15, 0.2) is 18.3 Å². The summed E-state index contributed by atoms with van der Waals surface area (Å²) in [5, 5.41) is 0. The molecule has 6 nitrogen and oxygen atoms in total. The van der Waals surface area contributed by atoms with Gasteiger partial charge in [-0.15, -0.1) is 0 Å². The van der Waals surface area contributed by atoms with Gasteiger partial charge in [0.25, 0.3) is 5.91 Å². The lowest BCUT2D eigenvalue weighted by atomic mass is 10.2. The van der Waals surface area contributed by atoms with Crippen molar-refractivity contribution in [1.82, 2.24) is 10.5 Å². The van der Waals surface area contributed by atoms with Crippen LogP contribution >= 0.6 is 0 Å². The van der Waals surface area contributed by atoms with Gasteiger partial charge in [-0.2, -0.15) is 0 Å². The number of hydrogen-bond acceptors (Lipinski definition) is 5. The summed E-state index contributed by atoms with van der Waals surface area (Å²) in [7, 11) is 0. The minimum atomic E-state index is -0.348. The van der Waals surface area contributed by atoms with Crippen LogP contribution in [0.3, 0.4) is 0 Å². The average molecular weight is 251 g/mol. The predicted octanol–water partition coefficient (Wildman–Crippen LogP) is 0.728. The number of aromatic nitrogens is 1. The number of hydroxylamine groups is 1. The molecule has 0 aromatic carbocycles. The van der Waals surface area contributed by atoms with Gasteiger partial charge in [-0.25, -0.2) is 10.3 Å². The molecule has 0 bridgehead atoms. The quantitative estimate of drug-likeness (QED) is 0.770. The Labute approximate surface area is 105 Å². The summed E-state index contributed by atoms with van der Waals surface area (Å²) in [5.74, 6) is -0.333. The molecular weight excluding hydrogens is 234 g/mol. The summed E-state index contributed by atoms with van der Waals surface area (Å²) in [4.78, 5) is 20.9. The number of amides is 1. The fourth-order valence-electron chi connectivity index (χ4n) is 1.66. The predicted molar refractivity (Wildman–Crippen MR) is 64.3 cm³/mol. The van der Waals surface area contributed by atoms with Crippen molar-refractivity contribution in [2.24, 2.45) is 5.73 Å². The molecule has 6 heteroatoms. The molecule has 0 spiro atoms. The Kier molecular flexibility index (Phi) is 4.63. The van der Waals surface area contributed by atoms with Gasteiger partial charge in [-0.3, -0.25) is 9.78 Å². The molecule has 1 fully saturated rings. The SMILES string of the molecule is NCc1ccc(C(=O)NOC2CCCCO2)cn1. The monoisotopic (exact) mass is 251 g/mol. The molecule has 0 aliphatic carbocycles. The highest BCUT2D eigenvalue weighted by atomic mass is 16.8. The van der Waals surface area contributed by atoms with E-state index in [1.54, 1.807) is 12.1 Å². The Balaban J connectivity index is 1.82. The Morgan fingerprint density at radius 2 is 2.44 bits per heavy atom. The lowest BCUT2D eigenvalue weighted by molar-refractivity contribution is -0.186. The van der Waals surface area contributed by atoms with Crippen molar-refractivity contribution < 1.29 is 14.4 Å². The summed E-state index contributed by atoms with van der Waals surface area (Å²) in [6, 6.07) is 3.38. The van der Waals surface area contributed by atoms with Crippen molar-refractivity contribution in [3.8, 4) is 0 Å². The van der Waals surface area contributed by atoms with Crippen LogP contribution in [0.1, 0.15) is 35.3 Å². The third-order valence-corrected chi connectivity index (χ3v) is 2.72. The number of rotatable bonds is 4. The number of nitrogens with zero attached hydrogens (tertiary/aromatic N) is 1. The zero-order valence-electron chi connectivity index (χ0n) is 10.1. The van der Waals surface area contributed by atoms with Gasteiger partial charge in [0, 0.05) is 25.8 Å². The van der Waals surface area contributed by atoms with Crippen LogP contribution in [0.5, 0.6) is 0 Å². The summed E-state index contributed by atoms with van der Waals surface area (Å²) < 4.78 is 5.33. The van der Waals surface area contributed by atoms with Crippen molar-refractivity contribution in [2.45, 2.75) is 32.1 Å². The molecular formula is C12H17N3O3. The number of nitrogens with two attached hydrogens (primary N) is 1. The van der Waals surface area contributed by atoms with Crippen LogP contribution in [-0.2, 0) is 16.1 Å². The highest BCUT2D eigenvalue weighted by Gasteiger charge is 2.16. The summed E-state index contributed by atoms with van der Waals surface area (Å²) in [6.45, 7) is 1.03. The minimum absolute atomic E-state index is 0.333. The van der Waals surface area contributed by atoms with Crippen LogP contribution in [0, 0.1) is 0 Å². The maximum atomic E-state index is 11.7. The first-order valence-corrected chi connectivity index (χ1v) is 6.02. The van der Waals surface area contributed by atoms with E-state index in [4.69, 9.17) is 15.3 Å². The lowest BCUT2D eigenvalue weighted by Crippen LogP contribution is -2.33. The summed E-state index contributed by atoms with van der Waals surface area (Å²) >= 11 is 0. The molecule has 3 N–H and O–H groups in total. The van der Waals surface area contributed by atoms with E-state index in [0.717, 1.165) is 25.0 Å². The number of ether oxygens (including phenoxy) is 1. The molecule has 1 saturated heterocycles. The van der Waals surface area contributed by atoms with Crippen molar-refractivity contribution >= 4 is 5.91 Å². The second kappa shape index (κ2) is 6.44. The minimum Gasteiger partial charge on any atom is -0.350 e. The van der Waals surface area contributed by atoms with Gasteiger partial charge in [-0.1, -0.05) is 0 Å². The smallest absolute Gasteiger partial charge is 0.276 e. The fraction of sp³-hybridized carbons (Fsp3) is 0.500. The van der Waals surface area contributed by atoms with Crippen molar-refractivity contribution in [3.05, 3.63) is 29.6 Å². The van der Waals surface area contributed by atoms with Gasteiger partial charge in [0.1, 0.15) is 0 Å². The molecule has 1 aliphatic rings. The molecule has 0 saturated carbocycles. The number of carbonyl (C=O) groups excluding carboxylic acids is 1. The number of carbonyl (C=O) groups is 1. The molecule has 2 heterocycles. The number of hydrogen-bond donors (Lipinski definition) is 2. The number of pyridine rings is 1. The van der Waals surface area contributed by atoms with Crippen LogP contribution in [0.25, 0.3) is 0 Å². The second-order valence-electron chi connectivity index (χ2n) is 4.09. The second-order valence-corrected chi connectivity index (χ2v) is 4.09. The highest BCUT2D eigenvalue weighted by molar-refractivity contribution is 5.93. The lowest BCUT2D eigenvalue weighted by Gasteiger charge is -2.22. The molecule has 1 aromatic heterocycles. The van der Waals surface area contributed by atoms with Gasteiger partial charge < -0.3 is 10.5 Å². The van der Waals surface area contributed by atoms with Gasteiger partial charge in [0.15, 0.2) is 6.29 Å². The summed E-state index contributed by atoms with van der Waals surface area (Å²) in [6.07, 6.45) is 4.01. The first kappa shape index (κ1) is 12.9. The topological polar surface area (TPSA) is 86.5 Å². The molecule has 1 atom stereocenters. The standard InChI is InChI=1S/C12H17N3O3/c13-7-10-5-4-9(8-14-10)12(16)15-18-11-3-1-2-6-17-11/h4-5,8,11H,1-3,6-7,13H2,(H,15,16). The van der Waals surface area contributed by atoms with Gasteiger partial charge >= 0.3 is 0 Å². The van der Waals surface area contributed by atoms with E-state index in [1.807, 2.05) is 0 Å². The molecule has 1 amide bonds. The van der Waals surface area contributed by atoms with Crippen molar-refractivity contribution in [1.29, 1.82) is 0 Å². The van der Waals surface area contributed by atoms with Crippen LogP contribution in [-0.4, -0.2) is 23.8 Å².